The molecule has 0 fully saturated rings. The third-order valence-corrected chi connectivity index (χ3v) is 2.87. The Kier molecular flexibility index (Phi) is 3.90. The lowest BCUT2D eigenvalue weighted by Crippen LogP contribution is -2.04. The molecule has 0 bridgehead atoms. The van der Waals surface area contributed by atoms with Gasteiger partial charge in [-0.15, -0.1) is 0 Å². The van der Waals surface area contributed by atoms with Crippen LogP contribution >= 0.6 is 0 Å². The van der Waals surface area contributed by atoms with Crippen LogP contribution in [0.25, 0.3) is 0 Å². The first-order valence-corrected chi connectivity index (χ1v) is 5.82. The lowest BCUT2D eigenvalue weighted by Gasteiger charge is -2.06. The van der Waals surface area contributed by atoms with Gasteiger partial charge in [0.25, 0.3) is 0 Å². The maximum absolute atomic E-state index is 13.1. The summed E-state index contributed by atoms with van der Waals surface area (Å²) in [6.45, 7) is 0. The predicted octanol–water partition coefficient (Wildman–Crippen LogP) is 3.45. The van der Waals surface area contributed by atoms with E-state index in [2.05, 4.69) is 0 Å². The minimum atomic E-state index is -1.09. The molecule has 0 spiro atoms. The molecule has 0 heterocycles. The first kappa shape index (κ1) is 13.2. The minimum absolute atomic E-state index is 0.0813. The Hall–Kier alpha value is -2.23. The third-order valence-electron chi connectivity index (χ3n) is 2.87. The second-order valence-electron chi connectivity index (χ2n) is 4.24. The molecule has 0 radical (unpaired) electrons. The number of aryl methyl sites for hydroxylation is 2. The second-order valence-corrected chi connectivity index (χ2v) is 4.24. The fourth-order valence-corrected chi connectivity index (χ4v) is 1.95. The molecule has 98 valence electrons. The van der Waals surface area contributed by atoms with Crippen LogP contribution in [0.5, 0.6) is 0 Å². The van der Waals surface area contributed by atoms with Gasteiger partial charge in [0.15, 0.2) is 0 Å². The molecular weight excluding hydrogens is 250 g/mol. The van der Waals surface area contributed by atoms with Crippen LogP contribution in [0, 0.1) is 11.6 Å². The van der Waals surface area contributed by atoms with Gasteiger partial charge >= 0.3 is 5.97 Å². The molecule has 0 aliphatic carbocycles. The number of hydrogen-bond donors (Lipinski definition) is 1. The molecule has 0 saturated heterocycles. The van der Waals surface area contributed by atoms with E-state index in [1.165, 1.54) is 24.3 Å². The van der Waals surface area contributed by atoms with Gasteiger partial charge in [0.05, 0.1) is 5.56 Å². The van der Waals surface area contributed by atoms with Gasteiger partial charge < -0.3 is 5.11 Å². The molecule has 0 saturated carbocycles. The van der Waals surface area contributed by atoms with E-state index in [1.807, 2.05) is 0 Å². The molecule has 2 aromatic rings. The first-order valence-electron chi connectivity index (χ1n) is 5.82. The lowest BCUT2D eigenvalue weighted by atomic mass is 9.99. The van der Waals surface area contributed by atoms with E-state index >= 15 is 0 Å². The summed E-state index contributed by atoms with van der Waals surface area (Å²) in [6.07, 6.45) is 0.810. The Morgan fingerprint density at radius 2 is 1.74 bits per heavy atom. The molecule has 0 unspecified atom stereocenters. The van der Waals surface area contributed by atoms with Crippen LogP contribution in [0.1, 0.15) is 21.5 Å². The SMILES string of the molecule is O=C(O)c1ccc(F)cc1CCc1cccc(F)c1. The van der Waals surface area contributed by atoms with E-state index in [-0.39, 0.29) is 11.4 Å². The van der Waals surface area contributed by atoms with Crippen molar-refractivity contribution in [1.82, 2.24) is 0 Å². The number of halogens is 2. The van der Waals surface area contributed by atoms with E-state index in [0.29, 0.717) is 18.4 Å². The smallest absolute Gasteiger partial charge is 0.335 e. The minimum Gasteiger partial charge on any atom is -0.478 e. The Bertz CT molecular complexity index is 609. The van der Waals surface area contributed by atoms with Crippen molar-refractivity contribution in [2.24, 2.45) is 0 Å². The van der Waals surface area contributed by atoms with E-state index < -0.39 is 11.8 Å². The van der Waals surface area contributed by atoms with Gasteiger partial charge in [0.2, 0.25) is 0 Å². The van der Waals surface area contributed by atoms with Crippen molar-refractivity contribution in [3.63, 3.8) is 0 Å². The average Bonchev–Trinajstić information content (AvgIpc) is 2.36. The van der Waals surface area contributed by atoms with E-state index in [0.717, 1.165) is 11.6 Å². The maximum atomic E-state index is 13.1. The third kappa shape index (κ3) is 3.37. The molecule has 2 aromatic carbocycles. The second kappa shape index (κ2) is 5.61. The lowest BCUT2D eigenvalue weighted by molar-refractivity contribution is 0.0695. The Balaban J connectivity index is 2.19. The normalized spacial score (nSPS) is 10.4. The quantitative estimate of drug-likeness (QED) is 0.916. The zero-order valence-electron chi connectivity index (χ0n) is 10.1. The number of rotatable bonds is 4. The summed E-state index contributed by atoms with van der Waals surface area (Å²) < 4.78 is 26.2. The molecule has 0 aliphatic heterocycles. The fourth-order valence-electron chi connectivity index (χ4n) is 1.95. The number of hydrogen-bond acceptors (Lipinski definition) is 1. The van der Waals surface area contributed by atoms with Gasteiger partial charge in [0, 0.05) is 0 Å². The highest BCUT2D eigenvalue weighted by molar-refractivity contribution is 5.89. The van der Waals surface area contributed by atoms with Crippen LogP contribution in [-0.2, 0) is 12.8 Å². The van der Waals surface area contributed by atoms with Crippen LogP contribution in [0.2, 0.25) is 0 Å². The van der Waals surface area contributed by atoms with Crippen molar-refractivity contribution in [2.75, 3.05) is 0 Å². The zero-order chi connectivity index (χ0) is 13.8. The average molecular weight is 262 g/mol. The van der Waals surface area contributed by atoms with Crippen molar-refractivity contribution in [3.8, 4) is 0 Å². The van der Waals surface area contributed by atoms with Crippen molar-refractivity contribution < 1.29 is 18.7 Å². The molecular formula is C15H12F2O2. The van der Waals surface area contributed by atoms with Gasteiger partial charge in [-0.2, -0.15) is 0 Å². The Morgan fingerprint density at radius 3 is 2.42 bits per heavy atom. The highest BCUT2D eigenvalue weighted by Gasteiger charge is 2.11. The van der Waals surface area contributed by atoms with Crippen LogP contribution in [0.4, 0.5) is 8.78 Å². The van der Waals surface area contributed by atoms with Gasteiger partial charge in [-0.3, -0.25) is 0 Å². The van der Waals surface area contributed by atoms with Gasteiger partial charge in [-0.1, -0.05) is 12.1 Å². The zero-order valence-corrected chi connectivity index (χ0v) is 10.1. The van der Waals surface area contributed by atoms with Gasteiger partial charge in [-0.25, -0.2) is 13.6 Å². The van der Waals surface area contributed by atoms with Crippen molar-refractivity contribution in [2.45, 2.75) is 12.8 Å². The molecule has 0 aromatic heterocycles. The van der Waals surface area contributed by atoms with Gasteiger partial charge in [-0.05, 0) is 54.3 Å². The van der Waals surface area contributed by atoms with Crippen LogP contribution in [-0.4, -0.2) is 11.1 Å². The summed E-state index contributed by atoms with van der Waals surface area (Å²) in [5, 5.41) is 9.02. The van der Waals surface area contributed by atoms with Crippen LogP contribution < -0.4 is 0 Å². The number of aromatic carboxylic acids is 1. The molecule has 0 atom stereocenters. The molecule has 4 heteroatoms. The standard InChI is InChI=1S/C15H12F2O2/c16-12-3-1-2-10(8-12)4-5-11-9-13(17)6-7-14(11)15(18)19/h1-3,6-9H,4-5H2,(H,18,19). The Morgan fingerprint density at radius 1 is 1.00 bits per heavy atom. The maximum Gasteiger partial charge on any atom is 0.335 e. The number of benzene rings is 2. The largest absolute Gasteiger partial charge is 0.478 e. The highest BCUT2D eigenvalue weighted by atomic mass is 19.1. The summed E-state index contributed by atoms with van der Waals surface area (Å²) in [4.78, 5) is 11.0. The molecule has 1 N–H and O–H groups in total. The first-order chi connectivity index (χ1) is 9.06. The summed E-state index contributed by atoms with van der Waals surface area (Å²) in [7, 11) is 0. The van der Waals surface area contributed by atoms with Crippen molar-refractivity contribution in [3.05, 3.63) is 70.8 Å². The van der Waals surface area contributed by atoms with E-state index in [4.69, 9.17) is 5.11 Å². The predicted molar refractivity (Wildman–Crippen MR) is 67.2 cm³/mol. The van der Waals surface area contributed by atoms with Crippen molar-refractivity contribution in [1.29, 1.82) is 0 Å². The van der Waals surface area contributed by atoms with E-state index in [1.54, 1.807) is 12.1 Å². The number of carbonyl (C=O) groups is 1. The number of carboxylic acids is 1. The van der Waals surface area contributed by atoms with Crippen molar-refractivity contribution >= 4 is 5.97 Å². The van der Waals surface area contributed by atoms with Crippen LogP contribution in [0.15, 0.2) is 42.5 Å². The highest BCUT2D eigenvalue weighted by Crippen LogP contribution is 2.15. The monoisotopic (exact) mass is 262 g/mol. The molecule has 0 amide bonds. The van der Waals surface area contributed by atoms with Crippen LogP contribution in [0.3, 0.4) is 0 Å². The topological polar surface area (TPSA) is 37.3 Å². The summed E-state index contributed by atoms with van der Waals surface area (Å²) in [5.74, 6) is -1.90. The Labute approximate surface area is 109 Å². The molecule has 0 aliphatic rings. The molecule has 2 rings (SSSR count). The molecule has 19 heavy (non-hydrogen) atoms. The fraction of sp³-hybridized carbons (Fsp3) is 0.133. The van der Waals surface area contributed by atoms with Gasteiger partial charge in [0.1, 0.15) is 11.6 Å². The number of carboxylic acid groups (broad SMARTS) is 1. The molecule has 2 nitrogen and oxygen atoms in total. The summed E-state index contributed by atoms with van der Waals surface area (Å²) in [5.41, 5.74) is 1.25. The summed E-state index contributed by atoms with van der Waals surface area (Å²) in [6, 6.07) is 9.65. The van der Waals surface area contributed by atoms with E-state index in [9.17, 15) is 13.6 Å². The summed E-state index contributed by atoms with van der Waals surface area (Å²) >= 11 is 0.